The molecule has 1 aliphatic heterocycles. The van der Waals surface area contributed by atoms with Gasteiger partial charge >= 0.3 is 0 Å². The molecule has 1 heterocycles. The van der Waals surface area contributed by atoms with Gasteiger partial charge < -0.3 is 16.0 Å². The number of amides is 2. The van der Waals surface area contributed by atoms with Crippen molar-refractivity contribution in [3.8, 4) is 0 Å². The van der Waals surface area contributed by atoms with Crippen LogP contribution in [0.25, 0.3) is 0 Å². The van der Waals surface area contributed by atoms with Gasteiger partial charge in [0.1, 0.15) is 0 Å². The smallest absolute Gasteiger partial charge is 0.272 e. The zero-order valence-electron chi connectivity index (χ0n) is 15.2. The maximum Gasteiger partial charge on any atom is 0.272 e. The monoisotopic (exact) mass is 362 g/mol. The highest BCUT2D eigenvalue weighted by molar-refractivity contribution is 6.20. The molecule has 1 atom stereocenters. The van der Waals surface area contributed by atoms with E-state index in [9.17, 15) is 9.59 Å². The Kier molecular flexibility index (Phi) is 4.28. The van der Waals surface area contributed by atoms with Gasteiger partial charge in [0.2, 0.25) is 12.1 Å². The summed E-state index contributed by atoms with van der Waals surface area (Å²) in [6.45, 7) is 0. The van der Waals surface area contributed by atoms with E-state index in [0.717, 1.165) is 23.2 Å². The Morgan fingerprint density at radius 1 is 1.15 bits per heavy atom. The van der Waals surface area contributed by atoms with E-state index >= 15 is 0 Å². The number of hydrogen-bond donors (Lipinski definition) is 2. The number of hydrogen-bond acceptors (Lipinski definition) is 4. The molecule has 0 bridgehead atoms. The SMILES string of the molecule is CN1C(=O)C(NC(=O)C2(N)CCC2)N=C(c2ccccc2)c2ccccc21. The molecule has 6 nitrogen and oxygen atoms in total. The lowest BCUT2D eigenvalue weighted by molar-refractivity contribution is -0.133. The van der Waals surface area contributed by atoms with Crippen LogP contribution in [0.5, 0.6) is 0 Å². The fourth-order valence-electron chi connectivity index (χ4n) is 3.50. The Balaban J connectivity index is 1.78. The van der Waals surface area contributed by atoms with Crippen molar-refractivity contribution in [1.82, 2.24) is 5.32 Å². The zero-order chi connectivity index (χ0) is 19.0. The van der Waals surface area contributed by atoms with Crippen LogP contribution in [0.1, 0.15) is 30.4 Å². The lowest BCUT2D eigenvalue weighted by Crippen LogP contribution is -2.61. The predicted molar refractivity (Wildman–Crippen MR) is 105 cm³/mol. The van der Waals surface area contributed by atoms with Crippen LogP contribution in [-0.2, 0) is 9.59 Å². The summed E-state index contributed by atoms with van der Waals surface area (Å²) < 4.78 is 0. The second-order valence-electron chi connectivity index (χ2n) is 7.14. The average molecular weight is 362 g/mol. The van der Waals surface area contributed by atoms with Crippen molar-refractivity contribution >= 4 is 23.2 Å². The molecule has 0 radical (unpaired) electrons. The molecular formula is C21H22N4O2. The minimum atomic E-state index is -1.01. The van der Waals surface area contributed by atoms with Crippen LogP contribution in [0.15, 0.2) is 59.6 Å². The number of nitrogens with zero attached hydrogens (tertiary/aromatic N) is 2. The van der Waals surface area contributed by atoms with Gasteiger partial charge in [-0.05, 0) is 25.3 Å². The summed E-state index contributed by atoms with van der Waals surface area (Å²) in [6, 6.07) is 17.3. The molecule has 27 heavy (non-hydrogen) atoms. The van der Waals surface area contributed by atoms with Crippen LogP contribution in [-0.4, -0.2) is 36.3 Å². The van der Waals surface area contributed by atoms with Crippen molar-refractivity contribution in [2.24, 2.45) is 10.7 Å². The van der Waals surface area contributed by atoms with E-state index < -0.39 is 11.7 Å². The topological polar surface area (TPSA) is 87.8 Å². The minimum Gasteiger partial charge on any atom is -0.325 e. The van der Waals surface area contributed by atoms with Crippen molar-refractivity contribution in [2.75, 3.05) is 11.9 Å². The van der Waals surface area contributed by atoms with E-state index in [-0.39, 0.29) is 11.8 Å². The largest absolute Gasteiger partial charge is 0.325 e. The van der Waals surface area contributed by atoms with Crippen LogP contribution < -0.4 is 16.0 Å². The quantitative estimate of drug-likeness (QED) is 0.873. The molecule has 4 rings (SSSR count). The zero-order valence-corrected chi connectivity index (χ0v) is 15.2. The fourth-order valence-corrected chi connectivity index (χ4v) is 3.50. The number of benzodiazepines with no additional fused rings is 1. The lowest BCUT2D eigenvalue weighted by Gasteiger charge is -2.37. The first-order chi connectivity index (χ1) is 13.0. The molecule has 1 fully saturated rings. The highest BCUT2D eigenvalue weighted by atomic mass is 16.2. The van der Waals surface area contributed by atoms with E-state index in [1.165, 1.54) is 0 Å². The Labute approximate surface area is 158 Å². The van der Waals surface area contributed by atoms with E-state index in [0.29, 0.717) is 18.6 Å². The number of carbonyl (C=O) groups excluding carboxylic acids is 2. The second-order valence-corrected chi connectivity index (χ2v) is 7.14. The number of nitrogens with two attached hydrogens (primary N) is 1. The lowest BCUT2D eigenvalue weighted by atomic mass is 9.77. The Morgan fingerprint density at radius 2 is 1.81 bits per heavy atom. The van der Waals surface area contributed by atoms with Gasteiger partial charge in [0, 0.05) is 18.2 Å². The van der Waals surface area contributed by atoms with Crippen molar-refractivity contribution < 1.29 is 9.59 Å². The van der Waals surface area contributed by atoms with Crippen LogP contribution in [0.2, 0.25) is 0 Å². The Morgan fingerprint density at radius 3 is 2.48 bits per heavy atom. The minimum absolute atomic E-state index is 0.287. The normalized spacial score (nSPS) is 20.8. The van der Waals surface area contributed by atoms with Crippen LogP contribution >= 0.6 is 0 Å². The van der Waals surface area contributed by atoms with Gasteiger partial charge in [-0.25, -0.2) is 4.99 Å². The number of carbonyl (C=O) groups is 2. The van der Waals surface area contributed by atoms with Gasteiger partial charge in [-0.15, -0.1) is 0 Å². The van der Waals surface area contributed by atoms with Gasteiger partial charge in [-0.1, -0.05) is 48.5 Å². The van der Waals surface area contributed by atoms with Gasteiger partial charge in [0.25, 0.3) is 5.91 Å². The maximum atomic E-state index is 13.0. The maximum absolute atomic E-state index is 13.0. The molecule has 0 saturated heterocycles. The summed E-state index contributed by atoms with van der Waals surface area (Å²) >= 11 is 0. The van der Waals surface area contributed by atoms with Crippen LogP contribution in [0, 0.1) is 0 Å². The third kappa shape index (κ3) is 3.02. The molecule has 1 saturated carbocycles. The van der Waals surface area contributed by atoms with Crippen LogP contribution in [0.4, 0.5) is 5.69 Å². The summed E-state index contributed by atoms with van der Waals surface area (Å²) in [4.78, 5) is 31.9. The van der Waals surface area contributed by atoms with E-state index in [1.54, 1.807) is 11.9 Å². The van der Waals surface area contributed by atoms with Crippen molar-refractivity contribution in [2.45, 2.75) is 31.0 Å². The summed E-state index contributed by atoms with van der Waals surface area (Å²) in [6.07, 6.45) is 1.17. The first-order valence-corrected chi connectivity index (χ1v) is 9.10. The van der Waals surface area contributed by atoms with Crippen molar-refractivity contribution in [1.29, 1.82) is 0 Å². The van der Waals surface area contributed by atoms with E-state index in [1.807, 2.05) is 54.6 Å². The molecule has 1 unspecified atom stereocenters. The number of nitrogens with one attached hydrogen (secondary N) is 1. The van der Waals surface area contributed by atoms with Crippen molar-refractivity contribution in [3.05, 3.63) is 65.7 Å². The summed E-state index contributed by atoms with van der Waals surface area (Å²) in [5, 5.41) is 2.77. The van der Waals surface area contributed by atoms with Gasteiger partial charge in [0.15, 0.2) is 0 Å². The molecule has 2 aliphatic rings. The fraction of sp³-hybridized carbons (Fsp3) is 0.286. The second kappa shape index (κ2) is 6.63. The number of likely N-dealkylation sites (N-methyl/N-ethyl adjacent to an activating group) is 1. The highest BCUT2D eigenvalue weighted by Gasteiger charge is 2.42. The number of aliphatic imine (C=N–C) groups is 1. The molecule has 6 heteroatoms. The summed E-state index contributed by atoms with van der Waals surface area (Å²) in [5.74, 6) is -0.604. The van der Waals surface area contributed by atoms with E-state index in [4.69, 9.17) is 5.73 Å². The summed E-state index contributed by atoms with van der Waals surface area (Å²) in [5.41, 5.74) is 8.41. The number of para-hydroxylation sites is 1. The van der Waals surface area contributed by atoms with E-state index in [2.05, 4.69) is 10.3 Å². The Bertz CT molecular complexity index is 919. The summed E-state index contributed by atoms with van der Waals surface area (Å²) in [7, 11) is 1.70. The number of benzene rings is 2. The molecule has 1 aliphatic carbocycles. The molecule has 0 aromatic heterocycles. The molecule has 3 N–H and O–H groups in total. The standard InChI is InChI=1S/C21H22N4O2/c1-25-16-11-6-5-10-15(16)17(14-8-3-2-4-9-14)23-18(19(25)26)24-20(27)21(22)12-7-13-21/h2-6,8-11,18H,7,12-13,22H2,1H3,(H,24,27). The predicted octanol–water partition coefficient (Wildman–Crippen LogP) is 1.82. The van der Waals surface area contributed by atoms with Crippen LogP contribution in [0.3, 0.4) is 0 Å². The first kappa shape index (κ1) is 17.4. The third-order valence-corrected chi connectivity index (χ3v) is 5.36. The highest BCUT2D eigenvalue weighted by Crippen LogP contribution is 2.30. The van der Waals surface area contributed by atoms with Crippen molar-refractivity contribution in [3.63, 3.8) is 0 Å². The molecule has 0 spiro atoms. The van der Waals surface area contributed by atoms with Gasteiger partial charge in [-0.2, -0.15) is 0 Å². The number of rotatable bonds is 3. The third-order valence-electron chi connectivity index (χ3n) is 5.36. The Hall–Kier alpha value is -2.99. The van der Waals surface area contributed by atoms with Gasteiger partial charge in [0.05, 0.1) is 16.9 Å². The molecule has 2 aromatic carbocycles. The molecule has 2 aromatic rings. The molecule has 2 amide bonds. The molecule has 138 valence electrons. The van der Waals surface area contributed by atoms with Gasteiger partial charge in [-0.3, -0.25) is 9.59 Å². The molecular weight excluding hydrogens is 340 g/mol. The first-order valence-electron chi connectivity index (χ1n) is 9.10. The number of fused-ring (bicyclic) bond motifs is 1. The average Bonchev–Trinajstić information content (AvgIpc) is 2.77. The number of anilines is 1.